The maximum Gasteiger partial charge on any atom is 0.129 e. The van der Waals surface area contributed by atoms with Crippen molar-refractivity contribution in [3.8, 4) is 0 Å². The Balaban J connectivity index is 0.000000791. The molecule has 0 aromatic carbocycles. The van der Waals surface area contributed by atoms with Crippen molar-refractivity contribution in [3.05, 3.63) is 0 Å². The van der Waals surface area contributed by atoms with E-state index in [9.17, 15) is 4.79 Å². The van der Waals surface area contributed by atoms with Crippen LogP contribution in [0.4, 0.5) is 0 Å². The summed E-state index contributed by atoms with van der Waals surface area (Å²) in [7, 11) is 0. The lowest BCUT2D eigenvalue weighted by Crippen LogP contribution is -2.12. The summed E-state index contributed by atoms with van der Waals surface area (Å²) in [6, 6.07) is 0. The van der Waals surface area contributed by atoms with Gasteiger partial charge in [-0.3, -0.25) is 0 Å². The second kappa shape index (κ2) is 8.02. The minimum absolute atomic E-state index is 0.355. The quantitative estimate of drug-likeness (QED) is 0.664. The SMILES string of the molecule is CC.CC(=O)CCC1CCC(C)CC1. The molecule has 0 N–H and O–H groups in total. The van der Waals surface area contributed by atoms with Gasteiger partial charge in [0, 0.05) is 6.42 Å². The van der Waals surface area contributed by atoms with E-state index in [1.54, 1.807) is 6.92 Å². The van der Waals surface area contributed by atoms with E-state index in [1.165, 1.54) is 25.7 Å². The lowest BCUT2D eigenvalue weighted by atomic mass is 9.81. The van der Waals surface area contributed by atoms with E-state index in [0.717, 1.165) is 24.7 Å². The normalized spacial score (nSPS) is 26.3. The van der Waals surface area contributed by atoms with E-state index in [4.69, 9.17) is 0 Å². The number of hydrogen-bond donors (Lipinski definition) is 0. The molecule has 0 heterocycles. The van der Waals surface area contributed by atoms with Crippen molar-refractivity contribution in [1.29, 1.82) is 0 Å². The van der Waals surface area contributed by atoms with Crippen molar-refractivity contribution in [2.24, 2.45) is 11.8 Å². The van der Waals surface area contributed by atoms with E-state index >= 15 is 0 Å². The van der Waals surface area contributed by atoms with Gasteiger partial charge in [-0.05, 0) is 25.2 Å². The lowest BCUT2D eigenvalue weighted by Gasteiger charge is -2.25. The highest BCUT2D eigenvalue weighted by molar-refractivity contribution is 5.75. The van der Waals surface area contributed by atoms with Crippen LogP contribution in [0.5, 0.6) is 0 Å². The maximum absolute atomic E-state index is 10.8. The van der Waals surface area contributed by atoms with Gasteiger partial charge in [0.15, 0.2) is 0 Å². The average Bonchev–Trinajstić information content (AvgIpc) is 2.20. The third kappa shape index (κ3) is 6.17. The van der Waals surface area contributed by atoms with Crippen LogP contribution in [0.15, 0.2) is 0 Å². The third-order valence-corrected chi connectivity index (χ3v) is 3.04. The second-order valence-corrected chi connectivity index (χ2v) is 4.37. The van der Waals surface area contributed by atoms with Gasteiger partial charge in [0.05, 0.1) is 0 Å². The topological polar surface area (TPSA) is 17.1 Å². The summed E-state index contributed by atoms with van der Waals surface area (Å²) < 4.78 is 0. The molecule has 0 amide bonds. The van der Waals surface area contributed by atoms with Crippen molar-refractivity contribution in [3.63, 3.8) is 0 Å². The summed E-state index contributed by atoms with van der Waals surface area (Å²) in [5.41, 5.74) is 0. The van der Waals surface area contributed by atoms with Gasteiger partial charge in [-0.25, -0.2) is 0 Å². The average molecular weight is 198 g/mol. The standard InChI is InChI=1S/C11H20O.C2H6/c1-9-3-6-11(7-4-9)8-5-10(2)12;1-2/h9,11H,3-8H2,1-2H3;1-2H3. The minimum atomic E-state index is 0.355. The third-order valence-electron chi connectivity index (χ3n) is 3.04. The fourth-order valence-corrected chi connectivity index (χ4v) is 2.03. The van der Waals surface area contributed by atoms with Crippen LogP contribution in [0, 0.1) is 11.8 Å². The van der Waals surface area contributed by atoms with Crippen molar-refractivity contribution in [2.45, 2.75) is 66.2 Å². The Bertz CT molecular complexity index is 143. The highest BCUT2D eigenvalue weighted by Crippen LogP contribution is 2.30. The van der Waals surface area contributed by atoms with Crippen LogP contribution in [-0.4, -0.2) is 5.78 Å². The zero-order valence-electron chi connectivity index (χ0n) is 10.3. The number of rotatable bonds is 3. The van der Waals surface area contributed by atoms with Crippen LogP contribution >= 0.6 is 0 Å². The van der Waals surface area contributed by atoms with Crippen molar-refractivity contribution in [1.82, 2.24) is 0 Å². The van der Waals surface area contributed by atoms with E-state index in [0.29, 0.717) is 5.78 Å². The van der Waals surface area contributed by atoms with Gasteiger partial charge in [-0.1, -0.05) is 46.5 Å². The predicted molar refractivity (Wildman–Crippen MR) is 62.4 cm³/mol. The van der Waals surface area contributed by atoms with E-state index in [-0.39, 0.29) is 0 Å². The summed E-state index contributed by atoms with van der Waals surface area (Å²) >= 11 is 0. The Morgan fingerprint density at radius 3 is 2.07 bits per heavy atom. The second-order valence-electron chi connectivity index (χ2n) is 4.37. The molecule has 0 bridgehead atoms. The molecule has 1 aliphatic rings. The fourth-order valence-electron chi connectivity index (χ4n) is 2.03. The Hall–Kier alpha value is -0.330. The number of ketones is 1. The number of carbonyl (C=O) groups excluding carboxylic acids is 1. The van der Waals surface area contributed by atoms with Gasteiger partial charge in [0.2, 0.25) is 0 Å². The Morgan fingerprint density at radius 2 is 1.64 bits per heavy atom. The fraction of sp³-hybridized carbons (Fsp3) is 0.923. The first-order valence-corrected chi connectivity index (χ1v) is 6.18. The van der Waals surface area contributed by atoms with Crippen LogP contribution in [0.3, 0.4) is 0 Å². The molecular weight excluding hydrogens is 172 g/mol. The molecule has 1 fully saturated rings. The first-order chi connectivity index (χ1) is 6.68. The molecular formula is C13H26O. The largest absolute Gasteiger partial charge is 0.300 e. The van der Waals surface area contributed by atoms with Gasteiger partial charge in [0.1, 0.15) is 5.78 Å². The molecule has 84 valence electrons. The first-order valence-electron chi connectivity index (χ1n) is 6.18. The van der Waals surface area contributed by atoms with Crippen molar-refractivity contribution >= 4 is 5.78 Å². The molecule has 0 aromatic heterocycles. The van der Waals surface area contributed by atoms with Crippen LogP contribution < -0.4 is 0 Å². The van der Waals surface area contributed by atoms with Crippen LogP contribution in [0.1, 0.15) is 66.2 Å². The Kier molecular flexibility index (Phi) is 7.83. The minimum Gasteiger partial charge on any atom is -0.300 e. The highest BCUT2D eigenvalue weighted by atomic mass is 16.1. The molecule has 1 aliphatic carbocycles. The zero-order valence-corrected chi connectivity index (χ0v) is 10.3. The molecule has 0 atom stereocenters. The Labute approximate surface area is 89.3 Å². The van der Waals surface area contributed by atoms with Crippen LogP contribution in [0.2, 0.25) is 0 Å². The molecule has 0 aliphatic heterocycles. The van der Waals surface area contributed by atoms with Gasteiger partial charge >= 0.3 is 0 Å². The van der Waals surface area contributed by atoms with Crippen molar-refractivity contribution < 1.29 is 4.79 Å². The van der Waals surface area contributed by atoms with Crippen molar-refractivity contribution in [2.75, 3.05) is 0 Å². The molecule has 1 rings (SSSR count). The monoisotopic (exact) mass is 198 g/mol. The summed E-state index contributed by atoms with van der Waals surface area (Å²) in [5, 5.41) is 0. The lowest BCUT2D eigenvalue weighted by molar-refractivity contribution is -0.117. The predicted octanol–water partition coefficient (Wildman–Crippen LogP) is 4.21. The molecule has 0 aromatic rings. The van der Waals surface area contributed by atoms with E-state index in [2.05, 4.69) is 6.92 Å². The number of carbonyl (C=O) groups is 1. The van der Waals surface area contributed by atoms with Gasteiger partial charge in [0.25, 0.3) is 0 Å². The summed E-state index contributed by atoms with van der Waals surface area (Å²) in [6.07, 6.45) is 7.41. The van der Waals surface area contributed by atoms with Gasteiger partial charge in [-0.15, -0.1) is 0 Å². The molecule has 1 saturated carbocycles. The van der Waals surface area contributed by atoms with Gasteiger partial charge < -0.3 is 4.79 Å². The molecule has 14 heavy (non-hydrogen) atoms. The molecule has 1 heteroatoms. The molecule has 0 radical (unpaired) electrons. The molecule has 1 nitrogen and oxygen atoms in total. The Morgan fingerprint density at radius 1 is 1.14 bits per heavy atom. The zero-order chi connectivity index (χ0) is 11.0. The number of Topliss-reactive ketones (excluding diaryl/α,β-unsaturated/α-hetero) is 1. The summed E-state index contributed by atoms with van der Waals surface area (Å²) in [6.45, 7) is 8.03. The maximum atomic E-state index is 10.8. The number of hydrogen-bond acceptors (Lipinski definition) is 1. The molecule has 0 unspecified atom stereocenters. The van der Waals surface area contributed by atoms with Gasteiger partial charge in [-0.2, -0.15) is 0 Å². The summed E-state index contributed by atoms with van der Waals surface area (Å²) in [4.78, 5) is 10.8. The first kappa shape index (κ1) is 13.7. The highest BCUT2D eigenvalue weighted by Gasteiger charge is 2.17. The molecule has 0 saturated heterocycles. The van der Waals surface area contributed by atoms with E-state index < -0.39 is 0 Å². The summed E-state index contributed by atoms with van der Waals surface area (Å²) in [5.74, 6) is 2.14. The molecule has 0 spiro atoms. The smallest absolute Gasteiger partial charge is 0.129 e. The van der Waals surface area contributed by atoms with Crippen LogP contribution in [-0.2, 0) is 4.79 Å². The van der Waals surface area contributed by atoms with Crippen LogP contribution in [0.25, 0.3) is 0 Å². The van der Waals surface area contributed by atoms with E-state index in [1.807, 2.05) is 13.8 Å².